The van der Waals surface area contributed by atoms with E-state index in [-0.39, 0.29) is 110 Å². The van der Waals surface area contributed by atoms with Crippen molar-refractivity contribution in [3.05, 3.63) is 17.5 Å². The van der Waals surface area contributed by atoms with Crippen molar-refractivity contribution in [2.45, 2.75) is 20.8 Å². The van der Waals surface area contributed by atoms with E-state index in [1.165, 1.54) is 0 Å². The maximum absolute atomic E-state index is 5.30. The smallest absolute Gasteiger partial charge is 0.170 e. The zero-order valence-corrected chi connectivity index (χ0v) is 20.7. The topological polar surface area (TPSA) is 77.3 Å². The van der Waals surface area contributed by atoms with Crippen LogP contribution in [0, 0.1) is 20.8 Å². The standard InChI is InChI=1S/C5H6BN3.C4H3B2N3.3Y/c1-3-7-4(2)9-5(6)8-3;1-2-7-3(5)9-4(6)8-2;;;/h1-2H3;1H3;;;. The first kappa shape index (κ1) is 27.4. The first-order valence-corrected chi connectivity index (χ1v) is 5.05. The summed E-state index contributed by atoms with van der Waals surface area (Å²) in [5.41, 5.74) is 0.625. The number of aromatic nitrogens is 6. The quantitative estimate of drug-likeness (QED) is 0.360. The van der Waals surface area contributed by atoms with Gasteiger partial charge in [-0.15, -0.1) is 0 Å². The molecule has 21 heavy (non-hydrogen) atoms. The largest absolute Gasteiger partial charge is 0.243 e. The average Bonchev–Trinajstić information content (AvgIpc) is 2.12. The van der Waals surface area contributed by atoms with Gasteiger partial charge in [-0.05, 0) is 20.8 Å². The van der Waals surface area contributed by atoms with Crippen molar-refractivity contribution in [1.82, 2.24) is 29.9 Å². The predicted molar refractivity (Wildman–Crippen MR) is 70.0 cm³/mol. The Labute approximate surface area is 204 Å². The molecule has 0 bridgehead atoms. The molecule has 2 aromatic heterocycles. The Bertz CT molecular complexity index is 410. The van der Waals surface area contributed by atoms with Gasteiger partial charge in [0.05, 0.1) is 17.2 Å². The number of hydrogen-bond donors (Lipinski definition) is 0. The van der Waals surface area contributed by atoms with Gasteiger partial charge < -0.3 is 0 Å². The van der Waals surface area contributed by atoms with E-state index < -0.39 is 0 Å². The molecule has 2 rings (SSSR count). The molecule has 9 radical (unpaired) electrons. The molecule has 6 nitrogen and oxygen atoms in total. The minimum atomic E-state index is 0. The van der Waals surface area contributed by atoms with Gasteiger partial charge >= 0.3 is 0 Å². The zero-order chi connectivity index (χ0) is 13.7. The Morgan fingerprint density at radius 1 is 0.476 bits per heavy atom. The van der Waals surface area contributed by atoms with Crippen LogP contribution in [-0.2, 0) is 98.1 Å². The second kappa shape index (κ2) is 13.9. The molecule has 2 aromatic rings. The number of rotatable bonds is 0. The summed E-state index contributed by atoms with van der Waals surface area (Å²) >= 11 is 0. The molecule has 0 aliphatic carbocycles. The zero-order valence-electron chi connectivity index (χ0n) is 12.1. The van der Waals surface area contributed by atoms with Crippen molar-refractivity contribution in [2.75, 3.05) is 0 Å². The Balaban J connectivity index is -0.000000270. The average molecular weight is 500 g/mol. The van der Waals surface area contributed by atoms with Gasteiger partial charge in [-0.3, -0.25) is 0 Å². The Kier molecular flexibility index (Phi) is 18.1. The predicted octanol–water partition coefficient (Wildman–Crippen LogP) is -2.96. The van der Waals surface area contributed by atoms with Gasteiger partial charge in [-0.2, -0.15) is 0 Å². The molecule has 0 saturated carbocycles. The van der Waals surface area contributed by atoms with E-state index >= 15 is 0 Å². The molecule has 0 aromatic carbocycles. The summed E-state index contributed by atoms with van der Waals surface area (Å²) in [6.07, 6.45) is 0. The van der Waals surface area contributed by atoms with Crippen LogP contribution in [0.4, 0.5) is 0 Å². The fourth-order valence-electron chi connectivity index (χ4n) is 1.16. The molecule has 0 amide bonds. The fraction of sp³-hybridized carbons (Fsp3) is 0.333. The van der Waals surface area contributed by atoms with Crippen LogP contribution in [0.25, 0.3) is 0 Å². The van der Waals surface area contributed by atoms with Gasteiger partial charge in [-0.1, -0.05) is 0 Å². The van der Waals surface area contributed by atoms with Crippen LogP contribution >= 0.6 is 0 Å². The van der Waals surface area contributed by atoms with Crippen LogP contribution < -0.4 is 17.2 Å². The van der Waals surface area contributed by atoms with Crippen molar-refractivity contribution in [3.8, 4) is 0 Å². The molecular formula is C9H9B3N6Y3. The summed E-state index contributed by atoms with van der Waals surface area (Å²) < 4.78 is 0. The summed E-state index contributed by atoms with van der Waals surface area (Å²) in [4.78, 5) is 22.5. The molecule has 0 saturated heterocycles. The molecule has 93 valence electrons. The Hall–Kier alpha value is 1.53. The van der Waals surface area contributed by atoms with Crippen LogP contribution in [0.15, 0.2) is 0 Å². The van der Waals surface area contributed by atoms with E-state index in [1.807, 2.05) is 0 Å². The van der Waals surface area contributed by atoms with E-state index in [9.17, 15) is 0 Å². The van der Waals surface area contributed by atoms with Gasteiger partial charge in [0.15, 0.2) is 23.5 Å². The molecule has 12 heteroatoms. The third-order valence-electron chi connectivity index (χ3n) is 1.66. The second-order valence-electron chi connectivity index (χ2n) is 3.39. The molecule has 0 fully saturated rings. The van der Waals surface area contributed by atoms with E-state index in [4.69, 9.17) is 23.5 Å². The van der Waals surface area contributed by atoms with Gasteiger partial charge in [0.2, 0.25) is 0 Å². The summed E-state index contributed by atoms with van der Waals surface area (Å²) in [5.74, 6) is 1.88. The van der Waals surface area contributed by atoms with Gasteiger partial charge in [0.1, 0.15) is 17.5 Å². The number of hydrogen-bond acceptors (Lipinski definition) is 6. The van der Waals surface area contributed by atoms with Crippen LogP contribution in [0.1, 0.15) is 17.5 Å². The summed E-state index contributed by atoms with van der Waals surface area (Å²) in [7, 11) is 15.7. The maximum atomic E-state index is 5.30. The number of aryl methyl sites for hydroxylation is 3. The van der Waals surface area contributed by atoms with E-state index in [2.05, 4.69) is 29.9 Å². The SMILES string of the molecule is [B]c1nc(C)nc(C)n1.[B]c1nc([B])nc(C)n1.[Y].[Y].[Y]. The van der Waals surface area contributed by atoms with Gasteiger partial charge in [0, 0.05) is 98.1 Å². The van der Waals surface area contributed by atoms with E-state index in [1.54, 1.807) is 20.8 Å². The normalized spacial score (nSPS) is 8.14. The maximum Gasteiger partial charge on any atom is 0.170 e. The van der Waals surface area contributed by atoms with Gasteiger partial charge in [0.25, 0.3) is 0 Å². The molecule has 0 aliphatic rings. The van der Waals surface area contributed by atoms with E-state index in [0.29, 0.717) is 23.2 Å². The monoisotopic (exact) mass is 501 g/mol. The van der Waals surface area contributed by atoms with Crippen molar-refractivity contribution >= 4 is 40.7 Å². The molecule has 0 atom stereocenters. The minimum absolute atomic E-state index is 0. The van der Waals surface area contributed by atoms with Crippen molar-refractivity contribution in [2.24, 2.45) is 0 Å². The molecule has 2 heterocycles. The van der Waals surface area contributed by atoms with Crippen molar-refractivity contribution < 1.29 is 98.1 Å². The van der Waals surface area contributed by atoms with Crippen molar-refractivity contribution in [3.63, 3.8) is 0 Å². The first-order chi connectivity index (χ1) is 8.36. The molecule has 0 spiro atoms. The summed E-state index contributed by atoms with van der Waals surface area (Å²) in [5, 5.41) is 0. The van der Waals surface area contributed by atoms with Crippen LogP contribution in [0.3, 0.4) is 0 Å². The van der Waals surface area contributed by atoms with Crippen LogP contribution in [0.5, 0.6) is 0 Å². The van der Waals surface area contributed by atoms with Crippen LogP contribution in [0.2, 0.25) is 0 Å². The van der Waals surface area contributed by atoms with Crippen molar-refractivity contribution in [1.29, 1.82) is 0 Å². The number of nitrogens with zero attached hydrogens (tertiary/aromatic N) is 6. The van der Waals surface area contributed by atoms with Crippen LogP contribution in [-0.4, -0.2) is 53.4 Å². The first-order valence-electron chi connectivity index (χ1n) is 5.05. The Morgan fingerprint density at radius 2 is 0.714 bits per heavy atom. The third kappa shape index (κ3) is 12.6. The summed E-state index contributed by atoms with van der Waals surface area (Å²) in [6.45, 7) is 5.27. The minimum Gasteiger partial charge on any atom is -0.243 e. The Morgan fingerprint density at radius 3 is 0.952 bits per heavy atom. The molecule has 0 aliphatic heterocycles. The molecule has 0 N–H and O–H groups in total. The summed E-state index contributed by atoms with van der Waals surface area (Å²) in [6, 6.07) is 0. The second-order valence-corrected chi connectivity index (χ2v) is 3.39. The van der Waals surface area contributed by atoms with E-state index in [0.717, 1.165) is 0 Å². The molecule has 0 unspecified atom stereocenters. The van der Waals surface area contributed by atoms with Gasteiger partial charge in [-0.25, -0.2) is 29.9 Å². The third-order valence-corrected chi connectivity index (χ3v) is 1.66. The fourth-order valence-corrected chi connectivity index (χ4v) is 1.16. The molecular weight excluding hydrogens is 491 g/mol.